The molecule has 0 fully saturated rings. The summed E-state index contributed by atoms with van der Waals surface area (Å²) in [4.78, 5) is 12.5. The van der Waals surface area contributed by atoms with E-state index in [1.807, 2.05) is 39.0 Å². The lowest BCUT2D eigenvalue weighted by Crippen LogP contribution is -2.37. The zero-order valence-electron chi connectivity index (χ0n) is 16.1. The van der Waals surface area contributed by atoms with Crippen LogP contribution in [0, 0.1) is 0 Å². The van der Waals surface area contributed by atoms with Gasteiger partial charge >= 0.3 is 0 Å². The lowest BCUT2D eigenvalue weighted by molar-refractivity contribution is -0.127. The summed E-state index contributed by atoms with van der Waals surface area (Å²) in [6.45, 7) is 8.55. The highest BCUT2D eigenvalue weighted by molar-refractivity contribution is 6.30. The summed E-state index contributed by atoms with van der Waals surface area (Å²) >= 11 is 5.95. The van der Waals surface area contributed by atoms with Crippen molar-refractivity contribution in [2.75, 3.05) is 13.2 Å². The SMILES string of the molecule is CCOc1ccc([C@@H](C)NC(=O)[C@@H](C)Oc2cccc(Cl)c2)cc1OCC. The highest BCUT2D eigenvalue weighted by Gasteiger charge is 2.19. The fraction of sp³-hybridized carbons (Fsp3) is 0.381. The third kappa shape index (κ3) is 6.07. The number of halogens is 1. The maximum absolute atomic E-state index is 12.5. The smallest absolute Gasteiger partial charge is 0.261 e. The minimum Gasteiger partial charge on any atom is -0.490 e. The van der Waals surface area contributed by atoms with Crippen molar-refractivity contribution in [2.45, 2.75) is 39.8 Å². The van der Waals surface area contributed by atoms with Gasteiger partial charge in [-0.25, -0.2) is 0 Å². The van der Waals surface area contributed by atoms with Crippen LogP contribution in [0.5, 0.6) is 17.2 Å². The maximum atomic E-state index is 12.5. The molecule has 0 unspecified atom stereocenters. The first-order valence-corrected chi connectivity index (χ1v) is 9.44. The molecule has 6 heteroatoms. The first kappa shape index (κ1) is 20.9. The predicted molar refractivity (Wildman–Crippen MR) is 107 cm³/mol. The fourth-order valence-corrected chi connectivity index (χ4v) is 2.73. The van der Waals surface area contributed by atoms with Crippen molar-refractivity contribution >= 4 is 17.5 Å². The van der Waals surface area contributed by atoms with E-state index in [2.05, 4.69) is 5.32 Å². The second-order valence-electron chi connectivity index (χ2n) is 6.02. The van der Waals surface area contributed by atoms with Crippen molar-refractivity contribution in [1.82, 2.24) is 5.32 Å². The molecule has 2 atom stereocenters. The summed E-state index contributed by atoms with van der Waals surface area (Å²) in [5.41, 5.74) is 0.921. The lowest BCUT2D eigenvalue weighted by Gasteiger charge is -2.20. The Hall–Kier alpha value is -2.40. The van der Waals surface area contributed by atoms with Gasteiger partial charge < -0.3 is 19.5 Å². The zero-order chi connectivity index (χ0) is 19.8. The summed E-state index contributed by atoms with van der Waals surface area (Å²) in [7, 11) is 0. The molecule has 0 bridgehead atoms. The number of carbonyl (C=O) groups is 1. The number of nitrogens with one attached hydrogen (secondary N) is 1. The number of hydrogen-bond donors (Lipinski definition) is 1. The Labute approximate surface area is 165 Å². The summed E-state index contributed by atoms with van der Waals surface area (Å²) in [5, 5.41) is 3.52. The monoisotopic (exact) mass is 391 g/mol. The van der Waals surface area contributed by atoms with Gasteiger partial charge in [-0.2, -0.15) is 0 Å². The second kappa shape index (κ2) is 10.1. The summed E-state index contributed by atoms with van der Waals surface area (Å²) in [5.74, 6) is 1.70. The molecule has 0 radical (unpaired) electrons. The van der Waals surface area contributed by atoms with Crippen molar-refractivity contribution in [3.8, 4) is 17.2 Å². The third-order valence-electron chi connectivity index (χ3n) is 3.90. The van der Waals surface area contributed by atoms with Crippen LogP contribution in [0.2, 0.25) is 5.02 Å². The molecule has 0 aliphatic rings. The highest BCUT2D eigenvalue weighted by Crippen LogP contribution is 2.30. The second-order valence-corrected chi connectivity index (χ2v) is 6.46. The average molecular weight is 392 g/mol. The van der Waals surface area contributed by atoms with E-state index in [4.69, 9.17) is 25.8 Å². The molecule has 0 spiro atoms. The van der Waals surface area contributed by atoms with E-state index < -0.39 is 6.10 Å². The van der Waals surface area contributed by atoms with Gasteiger partial charge in [0.2, 0.25) is 0 Å². The van der Waals surface area contributed by atoms with Gasteiger partial charge in [0.25, 0.3) is 5.91 Å². The van der Waals surface area contributed by atoms with Gasteiger partial charge in [-0.05, 0) is 63.6 Å². The normalized spacial score (nSPS) is 12.8. The molecule has 0 saturated carbocycles. The van der Waals surface area contributed by atoms with E-state index in [1.165, 1.54) is 0 Å². The van der Waals surface area contributed by atoms with Gasteiger partial charge in [0, 0.05) is 5.02 Å². The summed E-state index contributed by atoms with van der Waals surface area (Å²) in [6, 6.07) is 12.4. The van der Waals surface area contributed by atoms with Crippen molar-refractivity contribution < 1.29 is 19.0 Å². The third-order valence-corrected chi connectivity index (χ3v) is 4.14. The van der Waals surface area contributed by atoms with Crippen LogP contribution in [0.1, 0.15) is 39.3 Å². The molecule has 27 heavy (non-hydrogen) atoms. The fourth-order valence-electron chi connectivity index (χ4n) is 2.55. The van der Waals surface area contributed by atoms with E-state index in [9.17, 15) is 4.79 Å². The first-order valence-electron chi connectivity index (χ1n) is 9.06. The molecular formula is C21H26ClNO4. The van der Waals surface area contributed by atoms with Gasteiger partial charge in [0.1, 0.15) is 5.75 Å². The quantitative estimate of drug-likeness (QED) is 0.668. The molecule has 5 nitrogen and oxygen atoms in total. The standard InChI is InChI=1S/C21H26ClNO4/c1-5-25-19-11-10-16(12-20(19)26-6-2)14(3)23-21(24)15(4)27-18-9-7-8-17(22)13-18/h7-15H,5-6H2,1-4H3,(H,23,24)/t14-,15-/m1/s1. The number of benzene rings is 2. The van der Waals surface area contributed by atoms with Crippen molar-refractivity contribution in [3.63, 3.8) is 0 Å². The van der Waals surface area contributed by atoms with Crippen molar-refractivity contribution in [3.05, 3.63) is 53.1 Å². The van der Waals surface area contributed by atoms with Crippen LogP contribution >= 0.6 is 11.6 Å². The minimum absolute atomic E-state index is 0.210. The molecule has 0 aromatic heterocycles. The van der Waals surface area contributed by atoms with Crippen LogP contribution < -0.4 is 19.5 Å². The number of rotatable bonds is 9. The van der Waals surface area contributed by atoms with Crippen LogP contribution in [-0.4, -0.2) is 25.2 Å². The van der Waals surface area contributed by atoms with E-state index >= 15 is 0 Å². The van der Waals surface area contributed by atoms with E-state index in [-0.39, 0.29) is 11.9 Å². The van der Waals surface area contributed by atoms with Gasteiger partial charge in [0.15, 0.2) is 17.6 Å². The molecular weight excluding hydrogens is 366 g/mol. The Balaban J connectivity index is 2.03. The van der Waals surface area contributed by atoms with Crippen LogP contribution in [0.3, 0.4) is 0 Å². The predicted octanol–water partition coefficient (Wildman–Crippen LogP) is 4.78. The summed E-state index contributed by atoms with van der Waals surface area (Å²) in [6.07, 6.45) is -0.653. The van der Waals surface area contributed by atoms with E-state index in [1.54, 1.807) is 31.2 Å². The van der Waals surface area contributed by atoms with Crippen LogP contribution in [-0.2, 0) is 4.79 Å². The van der Waals surface area contributed by atoms with E-state index in [0.29, 0.717) is 35.5 Å². The van der Waals surface area contributed by atoms with Gasteiger partial charge in [-0.15, -0.1) is 0 Å². The molecule has 0 aliphatic carbocycles. The summed E-state index contributed by atoms with van der Waals surface area (Å²) < 4.78 is 16.9. The maximum Gasteiger partial charge on any atom is 0.261 e. The molecule has 146 valence electrons. The molecule has 1 N–H and O–H groups in total. The Morgan fingerprint density at radius 3 is 2.41 bits per heavy atom. The van der Waals surface area contributed by atoms with Gasteiger partial charge in [-0.3, -0.25) is 4.79 Å². The van der Waals surface area contributed by atoms with Crippen LogP contribution in [0.25, 0.3) is 0 Å². The topological polar surface area (TPSA) is 56.8 Å². The Morgan fingerprint density at radius 2 is 1.74 bits per heavy atom. The number of hydrogen-bond acceptors (Lipinski definition) is 4. The van der Waals surface area contributed by atoms with Gasteiger partial charge in [0.05, 0.1) is 19.3 Å². The molecule has 2 aromatic rings. The molecule has 0 aliphatic heterocycles. The zero-order valence-corrected chi connectivity index (χ0v) is 16.9. The molecule has 0 saturated heterocycles. The van der Waals surface area contributed by atoms with E-state index in [0.717, 1.165) is 5.56 Å². The molecule has 1 amide bonds. The Kier molecular flexibility index (Phi) is 7.80. The minimum atomic E-state index is -0.653. The first-order chi connectivity index (χ1) is 12.9. The number of ether oxygens (including phenoxy) is 3. The van der Waals surface area contributed by atoms with Crippen molar-refractivity contribution in [1.29, 1.82) is 0 Å². The van der Waals surface area contributed by atoms with Crippen molar-refractivity contribution in [2.24, 2.45) is 0 Å². The Morgan fingerprint density at radius 1 is 1.04 bits per heavy atom. The average Bonchev–Trinajstić information content (AvgIpc) is 2.63. The lowest BCUT2D eigenvalue weighted by atomic mass is 10.1. The van der Waals surface area contributed by atoms with Crippen LogP contribution in [0.15, 0.2) is 42.5 Å². The molecule has 2 rings (SSSR count). The molecule has 0 heterocycles. The van der Waals surface area contributed by atoms with Crippen LogP contribution in [0.4, 0.5) is 0 Å². The Bertz CT molecular complexity index is 766. The number of amides is 1. The highest BCUT2D eigenvalue weighted by atomic mass is 35.5. The molecule has 2 aromatic carbocycles. The van der Waals surface area contributed by atoms with Gasteiger partial charge in [-0.1, -0.05) is 23.7 Å². The number of carbonyl (C=O) groups excluding carboxylic acids is 1. The largest absolute Gasteiger partial charge is 0.490 e.